The van der Waals surface area contributed by atoms with E-state index in [0.29, 0.717) is 0 Å². The number of benzene rings is 8. The molecule has 0 fully saturated rings. The molecule has 43 heavy (non-hydrogen) atoms. The van der Waals surface area contributed by atoms with Crippen LogP contribution in [0.4, 0.5) is 0 Å². The Kier molecular flexibility index (Phi) is 5.27. The van der Waals surface area contributed by atoms with Gasteiger partial charge in [-0.05, 0) is 96.0 Å². The van der Waals surface area contributed by atoms with Crippen LogP contribution in [-0.2, 0) is 0 Å². The largest absolute Gasteiger partial charge is 0.456 e. The zero-order valence-corrected chi connectivity index (χ0v) is 23.4. The van der Waals surface area contributed by atoms with E-state index in [4.69, 9.17) is 4.42 Å². The average molecular weight is 547 g/mol. The van der Waals surface area contributed by atoms with Crippen LogP contribution in [0.25, 0.3) is 87.6 Å². The molecule has 0 saturated heterocycles. The van der Waals surface area contributed by atoms with E-state index in [9.17, 15) is 0 Å². The van der Waals surface area contributed by atoms with E-state index < -0.39 is 0 Å². The lowest BCUT2D eigenvalue weighted by molar-refractivity contribution is 0.669. The monoisotopic (exact) mass is 546 g/mol. The summed E-state index contributed by atoms with van der Waals surface area (Å²) >= 11 is 0. The molecule has 0 radical (unpaired) electrons. The van der Waals surface area contributed by atoms with Crippen LogP contribution in [0, 0.1) is 0 Å². The summed E-state index contributed by atoms with van der Waals surface area (Å²) < 4.78 is 6.33. The van der Waals surface area contributed by atoms with Crippen molar-refractivity contribution in [3.05, 3.63) is 158 Å². The van der Waals surface area contributed by atoms with Gasteiger partial charge in [-0.25, -0.2) is 0 Å². The number of rotatable bonds is 3. The van der Waals surface area contributed by atoms with E-state index in [0.717, 1.165) is 27.5 Å². The Bertz CT molecular complexity index is 2440. The van der Waals surface area contributed by atoms with Crippen molar-refractivity contribution in [1.29, 1.82) is 0 Å². The third kappa shape index (κ3) is 3.72. The Balaban J connectivity index is 1.37. The lowest BCUT2D eigenvalue weighted by Gasteiger charge is -2.19. The molecule has 0 aliphatic heterocycles. The number of hydrogen-bond donors (Lipinski definition) is 0. The summed E-state index contributed by atoms with van der Waals surface area (Å²) in [4.78, 5) is 0. The van der Waals surface area contributed by atoms with Gasteiger partial charge in [0.25, 0.3) is 0 Å². The highest BCUT2D eigenvalue weighted by Gasteiger charge is 2.19. The quantitative estimate of drug-likeness (QED) is 0.201. The first kappa shape index (κ1) is 24.0. The van der Waals surface area contributed by atoms with Crippen molar-refractivity contribution in [3.8, 4) is 33.4 Å². The predicted octanol–water partition coefficient (Wildman–Crippen LogP) is 12.0. The molecule has 0 aliphatic rings. The van der Waals surface area contributed by atoms with E-state index in [1.54, 1.807) is 0 Å². The first-order valence-electron chi connectivity index (χ1n) is 14.8. The SMILES string of the molecule is c1ccc(-c2cc(-c3c4ccccc4c(-c4ccc5c(c4)oc4ccccc45)c4ccccc34)cc3ccccc23)cc1. The number of furan rings is 1. The van der Waals surface area contributed by atoms with Gasteiger partial charge in [0.05, 0.1) is 0 Å². The van der Waals surface area contributed by atoms with Crippen LogP contribution in [-0.4, -0.2) is 0 Å². The van der Waals surface area contributed by atoms with Crippen molar-refractivity contribution in [2.45, 2.75) is 0 Å². The van der Waals surface area contributed by atoms with E-state index >= 15 is 0 Å². The number of hydrogen-bond acceptors (Lipinski definition) is 1. The molecule has 0 atom stereocenters. The molecule has 0 unspecified atom stereocenters. The van der Waals surface area contributed by atoms with Crippen LogP contribution < -0.4 is 0 Å². The maximum atomic E-state index is 6.33. The van der Waals surface area contributed by atoms with Gasteiger partial charge in [0.2, 0.25) is 0 Å². The van der Waals surface area contributed by atoms with Gasteiger partial charge in [-0.15, -0.1) is 0 Å². The van der Waals surface area contributed by atoms with Gasteiger partial charge in [0.15, 0.2) is 0 Å². The van der Waals surface area contributed by atoms with Crippen molar-refractivity contribution in [2.75, 3.05) is 0 Å². The first-order chi connectivity index (χ1) is 21.3. The van der Waals surface area contributed by atoms with Crippen LogP contribution in [0.1, 0.15) is 0 Å². The van der Waals surface area contributed by atoms with Gasteiger partial charge in [-0.1, -0.05) is 127 Å². The molecule has 1 heterocycles. The summed E-state index contributed by atoms with van der Waals surface area (Å²) in [5.74, 6) is 0. The summed E-state index contributed by atoms with van der Waals surface area (Å²) in [5, 5.41) is 9.77. The lowest BCUT2D eigenvalue weighted by atomic mass is 9.84. The van der Waals surface area contributed by atoms with Crippen LogP contribution in [0.3, 0.4) is 0 Å². The fraction of sp³-hybridized carbons (Fsp3) is 0. The molecular weight excluding hydrogens is 520 g/mol. The van der Waals surface area contributed by atoms with Crippen LogP contribution in [0.15, 0.2) is 162 Å². The highest BCUT2D eigenvalue weighted by atomic mass is 16.3. The molecule has 1 nitrogen and oxygen atoms in total. The van der Waals surface area contributed by atoms with E-state index in [-0.39, 0.29) is 0 Å². The van der Waals surface area contributed by atoms with Crippen molar-refractivity contribution in [2.24, 2.45) is 0 Å². The fourth-order valence-corrected chi connectivity index (χ4v) is 6.94. The van der Waals surface area contributed by atoms with Crippen molar-refractivity contribution < 1.29 is 4.42 Å². The summed E-state index contributed by atoms with van der Waals surface area (Å²) in [7, 11) is 0. The highest BCUT2D eigenvalue weighted by molar-refractivity contribution is 6.22. The Labute approximate surface area is 249 Å². The van der Waals surface area contributed by atoms with E-state index in [2.05, 4.69) is 146 Å². The molecule has 8 aromatic carbocycles. The third-order valence-corrected chi connectivity index (χ3v) is 8.83. The van der Waals surface area contributed by atoms with Crippen LogP contribution in [0.2, 0.25) is 0 Å². The maximum Gasteiger partial charge on any atom is 0.136 e. The second kappa shape index (κ2) is 9.44. The summed E-state index contributed by atoms with van der Waals surface area (Å²) in [5.41, 5.74) is 9.21. The smallest absolute Gasteiger partial charge is 0.136 e. The minimum Gasteiger partial charge on any atom is -0.456 e. The van der Waals surface area contributed by atoms with E-state index in [1.165, 1.54) is 60.1 Å². The third-order valence-electron chi connectivity index (χ3n) is 8.83. The van der Waals surface area contributed by atoms with E-state index in [1.807, 2.05) is 12.1 Å². The molecule has 1 aromatic heterocycles. The molecule has 0 amide bonds. The topological polar surface area (TPSA) is 13.1 Å². The van der Waals surface area contributed by atoms with Crippen molar-refractivity contribution in [1.82, 2.24) is 0 Å². The normalized spacial score (nSPS) is 11.7. The summed E-state index contributed by atoms with van der Waals surface area (Å²) in [6, 6.07) is 56.9. The zero-order valence-electron chi connectivity index (χ0n) is 23.4. The minimum atomic E-state index is 0.915. The van der Waals surface area contributed by atoms with Gasteiger partial charge in [-0.2, -0.15) is 0 Å². The second-order valence-electron chi connectivity index (χ2n) is 11.3. The fourth-order valence-electron chi connectivity index (χ4n) is 6.94. The molecule has 200 valence electrons. The van der Waals surface area contributed by atoms with Crippen molar-refractivity contribution in [3.63, 3.8) is 0 Å². The van der Waals surface area contributed by atoms with Gasteiger partial charge in [-0.3, -0.25) is 0 Å². The molecular formula is C42H26O. The molecule has 9 rings (SSSR count). The Morgan fingerprint density at radius 3 is 1.53 bits per heavy atom. The maximum absolute atomic E-state index is 6.33. The molecule has 0 saturated carbocycles. The standard InChI is InChI=1S/C42H26O/c1-2-12-27(13-3-1)38-25-30(24-28-14-4-5-15-31(28)38)42-36-19-8-6-17-34(36)41(35-18-7-9-20-37(35)42)29-22-23-33-32-16-10-11-21-39(32)43-40(33)26-29/h1-26H. The molecule has 0 spiro atoms. The van der Waals surface area contributed by atoms with Gasteiger partial charge < -0.3 is 4.42 Å². The molecule has 0 N–H and O–H groups in total. The average Bonchev–Trinajstić information content (AvgIpc) is 3.45. The Morgan fingerprint density at radius 2 is 0.837 bits per heavy atom. The lowest BCUT2D eigenvalue weighted by Crippen LogP contribution is -1.92. The summed E-state index contributed by atoms with van der Waals surface area (Å²) in [6.45, 7) is 0. The Hall–Kier alpha value is -5.66. The Morgan fingerprint density at radius 1 is 0.302 bits per heavy atom. The summed E-state index contributed by atoms with van der Waals surface area (Å²) in [6.07, 6.45) is 0. The minimum absolute atomic E-state index is 0.915. The van der Waals surface area contributed by atoms with Crippen molar-refractivity contribution >= 4 is 54.3 Å². The predicted molar refractivity (Wildman–Crippen MR) is 183 cm³/mol. The first-order valence-corrected chi connectivity index (χ1v) is 14.8. The van der Waals surface area contributed by atoms with Gasteiger partial charge >= 0.3 is 0 Å². The molecule has 0 bridgehead atoms. The molecule has 0 aliphatic carbocycles. The van der Waals surface area contributed by atoms with Crippen LogP contribution >= 0.6 is 0 Å². The number of fused-ring (bicyclic) bond motifs is 6. The molecule has 1 heteroatoms. The van der Waals surface area contributed by atoms with Gasteiger partial charge in [0, 0.05) is 10.8 Å². The highest BCUT2D eigenvalue weighted by Crippen LogP contribution is 2.46. The van der Waals surface area contributed by atoms with Crippen LogP contribution in [0.5, 0.6) is 0 Å². The number of para-hydroxylation sites is 1. The second-order valence-corrected chi connectivity index (χ2v) is 11.3. The molecule has 9 aromatic rings. The van der Waals surface area contributed by atoms with Gasteiger partial charge in [0.1, 0.15) is 11.2 Å². The zero-order chi connectivity index (χ0) is 28.3.